The number of allylic oxidation sites excluding steroid dienone is 1. The maximum atomic E-state index is 10.3. The predicted octanol–water partition coefficient (Wildman–Crippen LogP) is 5.70. The maximum absolute atomic E-state index is 10.3. The molecular weight excluding hydrogens is 610 g/mol. The summed E-state index contributed by atoms with van der Waals surface area (Å²) in [5, 5.41) is 50.6. The molecule has 0 bridgehead atoms. The minimum atomic E-state index is -1.47. The molecular formula is C39H69NO8. The molecule has 9 nitrogen and oxygen atoms in total. The first kappa shape index (κ1) is 38.6. The number of ether oxygens (including phenoxy) is 3. The molecule has 1 saturated heterocycles. The molecule has 5 aliphatic rings. The maximum Gasteiger partial charge on any atom is 0.186 e. The predicted molar refractivity (Wildman–Crippen MR) is 185 cm³/mol. The molecule has 0 radical (unpaired) electrons. The van der Waals surface area contributed by atoms with E-state index < -0.39 is 37.3 Å². The Balaban J connectivity index is 1.01. The quantitative estimate of drug-likeness (QED) is 0.0792. The zero-order valence-electron chi connectivity index (χ0n) is 30.6. The van der Waals surface area contributed by atoms with Crippen molar-refractivity contribution in [1.29, 1.82) is 0 Å². The second-order valence-corrected chi connectivity index (χ2v) is 17.3. The minimum absolute atomic E-state index is 0.0611. The highest BCUT2D eigenvalue weighted by Gasteiger charge is 2.59. The molecule has 13 atom stereocenters. The van der Waals surface area contributed by atoms with Crippen LogP contribution in [-0.4, -0.2) is 100 Å². The SMILES string of the molecule is CC(C)CCC[C@@H](C)[C@H]1CC[C@H]2[C@@H]3CC=C4C[C@@H](OCCCCN(O)CCO[C@@H]5O[C@H](CO)[C@@H](O)[C@H](O)[C@H]5O)CC[C@]4(C)[C@H]3CC[C@]12C. The molecule has 1 heterocycles. The molecule has 9 heteroatoms. The van der Waals surface area contributed by atoms with Gasteiger partial charge < -0.3 is 39.8 Å². The van der Waals surface area contributed by atoms with Gasteiger partial charge in [0, 0.05) is 19.7 Å². The number of fused-ring (bicyclic) bond motifs is 5. The molecule has 4 aliphatic carbocycles. The standard InChI is InChI=1S/C39H69NO8/c1-25(2)9-8-10-26(3)30-13-14-31-29-12-11-27-23-28(15-17-38(27,4)32(29)16-18-39(30,31)5)46-21-7-6-19-40(45)20-22-47-37-36(44)35(43)34(42)33(24-41)48-37/h11,25-26,28-37,41-45H,6-10,12-24H2,1-5H3/t26-,28+,29+,30-,31+,32+,33-,34-,35+,36-,37-,38+,39-/m1/s1. The van der Waals surface area contributed by atoms with E-state index in [2.05, 4.69) is 40.7 Å². The van der Waals surface area contributed by atoms with Gasteiger partial charge in [-0.25, -0.2) is 0 Å². The van der Waals surface area contributed by atoms with Gasteiger partial charge in [-0.1, -0.05) is 65.5 Å². The monoisotopic (exact) mass is 680 g/mol. The van der Waals surface area contributed by atoms with Gasteiger partial charge in [-0.2, -0.15) is 5.06 Å². The van der Waals surface area contributed by atoms with Gasteiger partial charge in [0.2, 0.25) is 0 Å². The van der Waals surface area contributed by atoms with E-state index in [-0.39, 0.29) is 19.3 Å². The van der Waals surface area contributed by atoms with Gasteiger partial charge >= 0.3 is 0 Å². The molecule has 5 rings (SSSR count). The second kappa shape index (κ2) is 16.8. The van der Waals surface area contributed by atoms with Crippen LogP contribution in [0.1, 0.15) is 118 Å². The van der Waals surface area contributed by atoms with Crippen LogP contribution in [0.3, 0.4) is 0 Å². The van der Waals surface area contributed by atoms with Crippen LogP contribution in [0.4, 0.5) is 0 Å². The summed E-state index contributed by atoms with van der Waals surface area (Å²) in [7, 11) is 0. The normalized spacial score (nSPS) is 42.0. The smallest absolute Gasteiger partial charge is 0.186 e. The number of rotatable bonds is 16. The van der Waals surface area contributed by atoms with E-state index in [1.807, 2.05) is 0 Å². The molecule has 0 aromatic rings. The summed E-state index contributed by atoms with van der Waals surface area (Å²) in [4.78, 5) is 0. The van der Waals surface area contributed by atoms with Crippen molar-refractivity contribution in [2.75, 3.05) is 32.9 Å². The van der Waals surface area contributed by atoms with Crippen molar-refractivity contribution in [3.63, 3.8) is 0 Å². The van der Waals surface area contributed by atoms with E-state index in [0.717, 1.165) is 61.2 Å². The van der Waals surface area contributed by atoms with E-state index >= 15 is 0 Å². The fourth-order valence-electron chi connectivity index (χ4n) is 11.0. The highest BCUT2D eigenvalue weighted by molar-refractivity contribution is 5.25. The zero-order valence-corrected chi connectivity index (χ0v) is 30.6. The Morgan fingerprint density at radius 3 is 2.42 bits per heavy atom. The van der Waals surface area contributed by atoms with Crippen LogP contribution in [0.15, 0.2) is 11.6 Å². The first-order valence-corrected chi connectivity index (χ1v) is 19.6. The Morgan fingerprint density at radius 2 is 1.67 bits per heavy atom. The molecule has 0 spiro atoms. The third kappa shape index (κ3) is 8.36. The van der Waals surface area contributed by atoms with Gasteiger partial charge in [0.25, 0.3) is 0 Å². The van der Waals surface area contributed by atoms with Crippen molar-refractivity contribution < 1.29 is 39.8 Å². The molecule has 278 valence electrons. The van der Waals surface area contributed by atoms with E-state index in [1.165, 1.54) is 62.9 Å². The highest BCUT2D eigenvalue weighted by Crippen LogP contribution is 2.67. The van der Waals surface area contributed by atoms with Gasteiger partial charge in [-0.15, -0.1) is 0 Å². The van der Waals surface area contributed by atoms with Crippen molar-refractivity contribution in [3.05, 3.63) is 11.6 Å². The van der Waals surface area contributed by atoms with Crippen molar-refractivity contribution >= 4 is 0 Å². The number of nitrogens with zero attached hydrogens (tertiary/aromatic N) is 1. The average molecular weight is 680 g/mol. The van der Waals surface area contributed by atoms with Crippen molar-refractivity contribution in [1.82, 2.24) is 5.06 Å². The topological polar surface area (TPSA) is 132 Å². The number of aliphatic hydroxyl groups is 4. The summed E-state index contributed by atoms with van der Waals surface area (Å²) in [5.41, 5.74) is 2.53. The van der Waals surface area contributed by atoms with Crippen LogP contribution < -0.4 is 0 Å². The number of hydrogen-bond acceptors (Lipinski definition) is 9. The Bertz CT molecular complexity index is 1040. The van der Waals surface area contributed by atoms with Crippen LogP contribution in [0.5, 0.6) is 0 Å². The van der Waals surface area contributed by atoms with Crippen LogP contribution in [0.2, 0.25) is 0 Å². The van der Waals surface area contributed by atoms with E-state index in [1.54, 1.807) is 5.57 Å². The Kier molecular flexibility index (Phi) is 13.5. The Labute approximate surface area is 290 Å². The molecule has 0 aromatic heterocycles. The number of unbranched alkanes of at least 4 members (excludes halogenated alkanes) is 1. The van der Waals surface area contributed by atoms with E-state index in [4.69, 9.17) is 14.2 Å². The van der Waals surface area contributed by atoms with Gasteiger partial charge in [-0.05, 0) is 111 Å². The zero-order chi connectivity index (χ0) is 34.6. The number of aliphatic hydroxyl groups excluding tert-OH is 4. The third-order valence-electron chi connectivity index (χ3n) is 13.9. The molecule has 3 saturated carbocycles. The highest BCUT2D eigenvalue weighted by atomic mass is 16.7. The first-order chi connectivity index (χ1) is 22.9. The first-order valence-electron chi connectivity index (χ1n) is 19.6. The van der Waals surface area contributed by atoms with Crippen molar-refractivity contribution in [3.8, 4) is 0 Å². The molecule has 5 N–H and O–H groups in total. The summed E-state index contributed by atoms with van der Waals surface area (Å²) in [6.07, 6.45) is 12.6. The summed E-state index contributed by atoms with van der Waals surface area (Å²) >= 11 is 0. The fourth-order valence-corrected chi connectivity index (χ4v) is 11.0. The lowest BCUT2D eigenvalue weighted by Crippen LogP contribution is -2.59. The fraction of sp³-hybridized carbons (Fsp3) is 0.949. The molecule has 0 amide bonds. The van der Waals surface area contributed by atoms with Crippen LogP contribution >= 0.6 is 0 Å². The molecule has 0 aromatic carbocycles. The van der Waals surface area contributed by atoms with Crippen molar-refractivity contribution in [2.45, 2.75) is 155 Å². The van der Waals surface area contributed by atoms with Crippen molar-refractivity contribution in [2.24, 2.45) is 46.3 Å². The van der Waals surface area contributed by atoms with Gasteiger partial charge in [0.05, 0.1) is 19.3 Å². The minimum Gasteiger partial charge on any atom is -0.394 e. The van der Waals surface area contributed by atoms with Crippen LogP contribution in [-0.2, 0) is 14.2 Å². The number of hydrogen-bond donors (Lipinski definition) is 5. The largest absolute Gasteiger partial charge is 0.394 e. The lowest BCUT2D eigenvalue weighted by Gasteiger charge is -2.58. The van der Waals surface area contributed by atoms with Crippen LogP contribution in [0.25, 0.3) is 0 Å². The van der Waals surface area contributed by atoms with E-state index in [0.29, 0.717) is 24.0 Å². The summed E-state index contributed by atoms with van der Waals surface area (Å²) in [6, 6.07) is 0. The van der Waals surface area contributed by atoms with Gasteiger partial charge in [-0.3, -0.25) is 0 Å². The summed E-state index contributed by atoms with van der Waals surface area (Å²) in [5.74, 6) is 5.15. The third-order valence-corrected chi connectivity index (χ3v) is 13.9. The molecule has 0 unspecified atom stereocenters. The Morgan fingerprint density at radius 1 is 0.875 bits per heavy atom. The van der Waals surface area contributed by atoms with Gasteiger partial charge in [0.1, 0.15) is 24.4 Å². The van der Waals surface area contributed by atoms with Gasteiger partial charge in [0.15, 0.2) is 6.29 Å². The lowest BCUT2D eigenvalue weighted by molar-refractivity contribution is -0.303. The van der Waals surface area contributed by atoms with Crippen LogP contribution in [0, 0.1) is 46.3 Å². The summed E-state index contributed by atoms with van der Waals surface area (Å²) in [6.45, 7) is 13.5. The van der Waals surface area contributed by atoms with E-state index in [9.17, 15) is 25.6 Å². The average Bonchev–Trinajstić information content (AvgIpc) is 3.41. The summed E-state index contributed by atoms with van der Waals surface area (Å²) < 4.78 is 17.2. The Hall–Kier alpha value is -0.620. The lowest BCUT2D eigenvalue weighted by atomic mass is 9.47. The molecule has 48 heavy (non-hydrogen) atoms. The number of hydroxylamine groups is 2. The second-order valence-electron chi connectivity index (χ2n) is 17.3. The molecule has 1 aliphatic heterocycles. The molecule has 4 fully saturated rings.